The van der Waals surface area contributed by atoms with Crippen molar-refractivity contribution in [3.63, 3.8) is 0 Å². The van der Waals surface area contributed by atoms with Crippen LogP contribution >= 0.6 is 24.0 Å². The molecule has 0 bridgehead atoms. The number of halogens is 1. The van der Waals surface area contributed by atoms with Crippen LogP contribution in [0, 0.1) is 5.92 Å². The first-order valence-electron chi connectivity index (χ1n) is 10.4. The van der Waals surface area contributed by atoms with Crippen molar-refractivity contribution in [1.82, 2.24) is 15.5 Å². The summed E-state index contributed by atoms with van der Waals surface area (Å²) in [5, 5.41) is 6.17. The van der Waals surface area contributed by atoms with Gasteiger partial charge in [-0.05, 0) is 47.9 Å². The molecule has 2 aromatic rings. The fourth-order valence-corrected chi connectivity index (χ4v) is 4.20. The third-order valence-corrected chi connectivity index (χ3v) is 5.76. The lowest BCUT2D eigenvalue weighted by Gasteiger charge is -2.39. The van der Waals surface area contributed by atoms with E-state index in [0.29, 0.717) is 17.4 Å². The number of carbonyl (C=O) groups is 1. The number of hydrogen-bond donors (Lipinski definition) is 2. The van der Waals surface area contributed by atoms with Gasteiger partial charge in [0.2, 0.25) is 0 Å². The van der Waals surface area contributed by atoms with Crippen molar-refractivity contribution in [1.29, 1.82) is 0 Å². The maximum atomic E-state index is 11.8. The van der Waals surface area contributed by atoms with Crippen LogP contribution in [0.15, 0.2) is 59.6 Å². The summed E-state index contributed by atoms with van der Waals surface area (Å²) in [6.07, 6.45) is 1.99. The van der Waals surface area contributed by atoms with Gasteiger partial charge in [0, 0.05) is 39.3 Å². The quantitative estimate of drug-likeness (QED) is 0.357. The number of amides is 1. The van der Waals surface area contributed by atoms with E-state index in [1.807, 2.05) is 25.2 Å². The van der Waals surface area contributed by atoms with E-state index in [1.165, 1.54) is 5.56 Å². The second-order valence-electron chi connectivity index (χ2n) is 7.73. The van der Waals surface area contributed by atoms with Crippen LogP contribution < -0.4 is 10.6 Å². The summed E-state index contributed by atoms with van der Waals surface area (Å²) >= 11 is 0. The summed E-state index contributed by atoms with van der Waals surface area (Å²) in [6.45, 7) is 5.14. The number of nitrogens with one attached hydrogen (secondary N) is 2. The van der Waals surface area contributed by atoms with E-state index >= 15 is 0 Å². The van der Waals surface area contributed by atoms with E-state index in [1.54, 1.807) is 7.05 Å². The Balaban J connectivity index is 0.00000320. The Labute approximate surface area is 197 Å². The molecule has 2 atom stereocenters. The molecule has 1 saturated heterocycles. The molecule has 162 valence electrons. The summed E-state index contributed by atoms with van der Waals surface area (Å²) in [6, 6.07) is 18.6. The van der Waals surface area contributed by atoms with E-state index in [-0.39, 0.29) is 29.9 Å². The van der Waals surface area contributed by atoms with Gasteiger partial charge in [-0.25, -0.2) is 0 Å². The number of nitrogens with zero attached hydrogens (tertiary/aromatic N) is 2. The van der Waals surface area contributed by atoms with Gasteiger partial charge in [0.1, 0.15) is 0 Å². The lowest BCUT2D eigenvalue weighted by atomic mass is 9.82. The van der Waals surface area contributed by atoms with Gasteiger partial charge in [0.05, 0.1) is 0 Å². The normalized spacial score (nSPS) is 19.0. The molecule has 0 saturated carbocycles. The van der Waals surface area contributed by atoms with Crippen molar-refractivity contribution in [2.45, 2.75) is 25.7 Å². The summed E-state index contributed by atoms with van der Waals surface area (Å²) in [5.41, 5.74) is 3.29. The number of carbonyl (C=O) groups excluding carboxylic acids is 1. The maximum Gasteiger partial charge on any atom is 0.251 e. The zero-order valence-electron chi connectivity index (χ0n) is 18.1. The van der Waals surface area contributed by atoms with Crippen LogP contribution in [0.2, 0.25) is 0 Å². The Bertz CT molecular complexity index is 840. The highest BCUT2D eigenvalue weighted by Crippen LogP contribution is 2.32. The average molecular weight is 520 g/mol. The van der Waals surface area contributed by atoms with Gasteiger partial charge in [0.25, 0.3) is 5.91 Å². The topological polar surface area (TPSA) is 56.7 Å². The SMILES string of the molecule is CN=C(NCCc1cccc(C(=O)NC)c1)N1CCC(c2ccccc2)C(C)C1.I. The number of piperidine rings is 1. The molecule has 2 unspecified atom stereocenters. The van der Waals surface area contributed by atoms with E-state index < -0.39 is 0 Å². The van der Waals surface area contributed by atoms with Crippen LogP contribution in [0.3, 0.4) is 0 Å². The molecule has 6 heteroatoms. The zero-order valence-corrected chi connectivity index (χ0v) is 20.4. The zero-order chi connectivity index (χ0) is 20.6. The highest BCUT2D eigenvalue weighted by atomic mass is 127. The van der Waals surface area contributed by atoms with Gasteiger partial charge in [-0.3, -0.25) is 9.79 Å². The molecule has 1 aliphatic rings. The standard InChI is InChI=1S/C24H32N4O.HI/c1-18-17-28(15-13-22(18)20-9-5-4-6-10-20)24(26-3)27-14-12-19-8-7-11-21(16-19)23(29)25-2;/h4-11,16,18,22H,12-15,17H2,1-3H3,(H,25,29)(H,26,27);1H. The molecule has 30 heavy (non-hydrogen) atoms. The van der Waals surface area contributed by atoms with Crippen LogP contribution in [-0.4, -0.2) is 50.5 Å². The molecule has 1 aliphatic heterocycles. The fraction of sp³-hybridized carbons (Fsp3) is 0.417. The van der Waals surface area contributed by atoms with E-state index in [2.05, 4.69) is 63.8 Å². The summed E-state index contributed by atoms with van der Waals surface area (Å²) < 4.78 is 0. The van der Waals surface area contributed by atoms with Gasteiger partial charge in [-0.2, -0.15) is 0 Å². The predicted molar refractivity (Wildman–Crippen MR) is 135 cm³/mol. The van der Waals surface area contributed by atoms with Gasteiger partial charge >= 0.3 is 0 Å². The van der Waals surface area contributed by atoms with Gasteiger partial charge in [0.15, 0.2) is 5.96 Å². The highest BCUT2D eigenvalue weighted by molar-refractivity contribution is 14.0. The third kappa shape index (κ3) is 6.20. The van der Waals surface area contributed by atoms with Crippen LogP contribution in [0.25, 0.3) is 0 Å². The summed E-state index contributed by atoms with van der Waals surface area (Å²) in [4.78, 5) is 18.7. The minimum atomic E-state index is -0.0501. The molecule has 0 spiro atoms. The lowest BCUT2D eigenvalue weighted by molar-refractivity contribution is 0.0963. The summed E-state index contributed by atoms with van der Waals surface area (Å²) in [5.74, 6) is 2.10. The third-order valence-electron chi connectivity index (χ3n) is 5.76. The molecule has 1 amide bonds. The minimum Gasteiger partial charge on any atom is -0.356 e. The highest BCUT2D eigenvalue weighted by Gasteiger charge is 2.28. The van der Waals surface area contributed by atoms with Crippen molar-refractivity contribution in [3.8, 4) is 0 Å². The first-order valence-corrected chi connectivity index (χ1v) is 10.4. The second-order valence-corrected chi connectivity index (χ2v) is 7.73. The Kier molecular flexibility index (Phi) is 9.62. The number of hydrogen-bond acceptors (Lipinski definition) is 2. The maximum absolute atomic E-state index is 11.8. The van der Waals surface area contributed by atoms with Gasteiger partial charge in [-0.1, -0.05) is 49.4 Å². The Morgan fingerprint density at radius 3 is 2.60 bits per heavy atom. The number of likely N-dealkylation sites (tertiary alicyclic amines) is 1. The first kappa shape index (κ1) is 24.2. The van der Waals surface area contributed by atoms with Gasteiger partial charge < -0.3 is 15.5 Å². The van der Waals surface area contributed by atoms with Crippen molar-refractivity contribution in [3.05, 3.63) is 71.3 Å². The Hall–Kier alpha value is -2.09. The van der Waals surface area contributed by atoms with Crippen molar-refractivity contribution >= 4 is 35.8 Å². The van der Waals surface area contributed by atoms with Gasteiger partial charge in [-0.15, -0.1) is 24.0 Å². The first-order chi connectivity index (χ1) is 14.1. The van der Waals surface area contributed by atoms with Crippen molar-refractivity contribution in [2.24, 2.45) is 10.9 Å². The fourth-order valence-electron chi connectivity index (χ4n) is 4.20. The predicted octanol–water partition coefficient (Wildman–Crippen LogP) is 3.91. The van der Waals surface area contributed by atoms with E-state index in [4.69, 9.17) is 0 Å². The largest absolute Gasteiger partial charge is 0.356 e. The molecular formula is C24H33IN4O. The molecule has 0 aromatic heterocycles. The van der Waals surface area contributed by atoms with E-state index in [9.17, 15) is 4.79 Å². The van der Waals surface area contributed by atoms with Crippen molar-refractivity contribution in [2.75, 3.05) is 33.7 Å². The molecule has 5 nitrogen and oxygen atoms in total. The minimum absolute atomic E-state index is 0. The monoisotopic (exact) mass is 520 g/mol. The van der Waals surface area contributed by atoms with Crippen LogP contribution in [-0.2, 0) is 6.42 Å². The number of aliphatic imine (C=N–C) groups is 1. The van der Waals surface area contributed by atoms with E-state index in [0.717, 1.165) is 44.0 Å². The van der Waals surface area contributed by atoms with Crippen LogP contribution in [0.4, 0.5) is 0 Å². The number of guanidine groups is 1. The van der Waals surface area contributed by atoms with Crippen LogP contribution in [0.1, 0.15) is 40.7 Å². The molecular weight excluding hydrogens is 487 g/mol. The average Bonchev–Trinajstić information content (AvgIpc) is 2.77. The molecule has 3 rings (SSSR count). The van der Waals surface area contributed by atoms with Crippen LogP contribution in [0.5, 0.6) is 0 Å². The Morgan fingerprint density at radius 1 is 1.17 bits per heavy atom. The lowest BCUT2D eigenvalue weighted by Crippen LogP contribution is -2.48. The molecule has 0 aliphatic carbocycles. The van der Waals surface area contributed by atoms with Crippen molar-refractivity contribution < 1.29 is 4.79 Å². The number of rotatable bonds is 5. The Morgan fingerprint density at radius 2 is 1.93 bits per heavy atom. The molecule has 2 N–H and O–H groups in total. The molecule has 2 aromatic carbocycles. The smallest absolute Gasteiger partial charge is 0.251 e. The summed E-state index contributed by atoms with van der Waals surface area (Å²) in [7, 11) is 3.50. The number of benzene rings is 2. The molecule has 1 heterocycles. The second kappa shape index (κ2) is 11.9. The molecule has 1 fully saturated rings. The molecule has 0 radical (unpaired) electrons.